The SMILES string of the molecule is Fc1cccc([CH2][Zn+])c1F.[Br-]. The predicted molar refractivity (Wildman–Crippen MR) is 30.1 cm³/mol. The Morgan fingerprint density at radius 1 is 1.27 bits per heavy atom. The van der Waals surface area contributed by atoms with Gasteiger partial charge in [0.25, 0.3) is 0 Å². The third-order valence-electron chi connectivity index (χ3n) is 1.30. The van der Waals surface area contributed by atoms with E-state index in [1.807, 2.05) is 0 Å². The van der Waals surface area contributed by atoms with Crippen LogP contribution >= 0.6 is 0 Å². The summed E-state index contributed by atoms with van der Waals surface area (Å²) < 4.78 is 25.1. The summed E-state index contributed by atoms with van der Waals surface area (Å²) in [6, 6.07) is 4.28. The van der Waals surface area contributed by atoms with Gasteiger partial charge in [0.2, 0.25) is 0 Å². The van der Waals surface area contributed by atoms with E-state index < -0.39 is 11.6 Å². The minimum absolute atomic E-state index is 0. The maximum absolute atomic E-state index is 12.6. The van der Waals surface area contributed by atoms with Crippen LogP contribution in [0.1, 0.15) is 5.56 Å². The van der Waals surface area contributed by atoms with Crippen LogP contribution in [0, 0.1) is 11.6 Å². The van der Waals surface area contributed by atoms with Crippen LogP contribution in [0.15, 0.2) is 18.2 Å². The van der Waals surface area contributed by atoms with Crippen LogP contribution in [-0.4, -0.2) is 0 Å². The summed E-state index contributed by atoms with van der Waals surface area (Å²) in [5.74, 6) is -1.43. The van der Waals surface area contributed by atoms with E-state index in [4.69, 9.17) is 0 Å². The van der Waals surface area contributed by atoms with E-state index in [0.29, 0.717) is 10.6 Å². The van der Waals surface area contributed by atoms with Crippen LogP contribution in [-0.2, 0) is 23.3 Å². The van der Waals surface area contributed by atoms with E-state index in [2.05, 4.69) is 0 Å². The molecule has 0 bridgehead atoms. The molecule has 0 heterocycles. The van der Waals surface area contributed by atoms with Crippen molar-refractivity contribution in [2.45, 2.75) is 5.02 Å². The first-order valence-corrected chi connectivity index (χ1v) is 5.07. The van der Waals surface area contributed by atoms with Crippen molar-refractivity contribution in [3.05, 3.63) is 35.4 Å². The molecule has 0 aliphatic carbocycles. The Morgan fingerprint density at radius 3 is 2.36 bits per heavy atom. The number of benzene rings is 1. The van der Waals surface area contributed by atoms with Crippen LogP contribution in [0.5, 0.6) is 0 Å². The molecule has 0 aromatic heterocycles. The van der Waals surface area contributed by atoms with Crippen molar-refractivity contribution in [1.29, 1.82) is 0 Å². The van der Waals surface area contributed by atoms with E-state index in [9.17, 15) is 8.78 Å². The van der Waals surface area contributed by atoms with Gasteiger partial charge in [0.05, 0.1) is 0 Å². The second-order valence-corrected chi connectivity index (χ2v) is 3.01. The first kappa shape index (κ1) is 11.2. The third-order valence-corrected chi connectivity index (χ3v) is 2.43. The van der Waals surface area contributed by atoms with Crippen LogP contribution in [0.25, 0.3) is 0 Å². The van der Waals surface area contributed by atoms with Crippen molar-refractivity contribution in [1.82, 2.24) is 0 Å². The van der Waals surface area contributed by atoms with Gasteiger partial charge in [-0.2, -0.15) is 0 Å². The number of halogens is 3. The van der Waals surface area contributed by atoms with Crippen molar-refractivity contribution in [2.24, 2.45) is 0 Å². The van der Waals surface area contributed by atoms with Gasteiger partial charge in [-0.1, -0.05) is 0 Å². The first-order chi connectivity index (χ1) is 4.75. The summed E-state index contributed by atoms with van der Waals surface area (Å²) >= 11 is 0.959. The topological polar surface area (TPSA) is 0 Å². The molecular weight excluding hydrogens is 267 g/mol. The second kappa shape index (κ2) is 4.94. The molecule has 1 aromatic rings. The van der Waals surface area contributed by atoms with Gasteiger partial charge in [-0.3, -0.25) is 0 Å². The second-order valence-electron chi connectivity index (χ2n) is 1.96. The Kier molecular flexibility index (Phi) is 5.02. The van der Waals surface area contributed by atoms with Crippen LogP contribution < -0.4 is 17.0 Å². The van der Waals surface area contributed by atoms with E-state index in [1.165, 1.54) is 6.07 Å². The number of rotatable bonds is 1. The summed E-state index contributed by atoms with van der Waals surface area (Å²) in [5, 5.41) is 0.656. The quantitative estimate of drug-likeness (QED) is 0.576. The van der Waals surface area contributed by atoms with Gasteiger partial charge in [0.15, 0.2) is 0 Å². The molecule has 1 rings (SSSR count). The molecule has 0 amide bonds. The fourth-order valence-electron chi connectivity index (χ4n) is 0.742. The Bertz CT molecular complexity index is 240. The molecule has 0 unspecified atom stereocenters. The van der Waals surface area contributed by atoms with Crippen molar-refractivity contribution < 1.29 is 44.1 Å². The average Bonchev–Trinajstić information content (AvgIpc) is 1.95. The fourth-order valence-corrected chi connectivity index (χ4v) is 1.55. The molecule has 11 heavy (non-hydrogen) atoms. The van der Waals surface area contributed by atoms with E-state index in [1.54, 1.807) is 6.07 Å². The van der Waals surface area contributed by atoms with Gasteiger partial charge < -0.3 is 17.0 Å². The molecule has 4 heteroatoms. The molecule has 0 nitrogen and oxygen atoms in total. The average molecular weight is 272 g/mol. The number of hydrogen-bond donors (Lipinski definition) is 0. The molecule has 0 fully saturated rings. The molecule has 0 atom stereocenters. The molecule has 56 valence electrons. The monoisotopic (exact) mass is 270 g/mol. The Hall–Kier alpha value is 0.183. The molecule has 0 N–H and O–H groups in total. The van der Waals surface area contributed by atoms with Gasteiger partial charge in [-0.05, 0) is 0 Å². The normalized spacial score (nSPS) is 9.09. The van der Waals surface area contributed by atoms with Crippen molar-refractivity contribution >= 4 is 0 Å². The van der Waals surface area contributed by atoms with Gasteiger partial charge in [0, 0.05) is 0 Å². The van der Waals surface area contributed by atoms with Gasteiger partial charge in [-0.15, -0.1) is 0 Å². The summed E-state index contributed by atoms with van der Waals surface area (Å²) in [4.78, 5) is 0. The molecule has 0 aliphatic heterocycles. The number of hydrogen-bond acceptors (Lipinski definition) is 0. The minimum Gasteiger partial charge on any atom is -1.00 e. The van der Waals surface area contributed by atoms with Crippen LogP contribution in [0.4, 0.5) is 8.78 Å². The third kappa shape index (κ3) is 2.60. The minimum atomic E-state index is -0.744. The van der Waals surface area contributed by atoms with Crippen molar-refractivity contribution in [2.75, 3.05) is 0 Å². The molecule has 1 aromatic carbocycles. The fraction of sp³-hybridized carbons (Fsp3) is 0.143. The van der Waals surface area contributed by atoms with Gasteiger partial charge in [-0.25, -0.2) is 0 Å². The largest absolute Gasteiger partial charge is 1.00 e. The van der Waals surface area contributed by atoms with Crippen molar-refractivity contribution in [3.8, 4) is 0 Å². The molecule has 0 spiro atoms. The van der Waals surface area contributed by atoms with Gasteiger partial charge in [0.1, 0.15) is 0 Å². The van der Waals surface area contributed by atoms with Crippen molar-refractivity contribution in [3.63, 3.8) is 0 Å². The zero-order valence-electron chi connectivity index (χ0n) is 5.78. The molecular formula is C7H5BrF2Zn. The molecule has 0 aliphatic rings. The molecule has 0 saturated carbocycles. The Labute approximate surface area is 84.4 Å². The summed E-state index contributed by atoms with van der Waals surface area (Å²) in [5.41, 5.74) is 0.486. The maximum Gasteiger partial charge on any atom is -1.00 e. The van der Waals surface area contributed by atoms with Crippen LogP contribution in [0.2, 0.25) is 0 Å². The zero-order valence-corrected chi connectivity index (χ0v) is 10.3. The predicted octanol–water partition coefficient (Wildman–Crippen LogP) is -0.984. The summed E-state index contributed by atoms with van der Waals surface area (Å²) in [6.07, 6.45) is 0. The molecule has 0 radical (unpaired) electrons. The zero-order chi connectivity index (χ0) is 7.56. The maximum atomic E-state index is 12.6. The standard InChI is InChI=1S/C7H5F2.BrH.Zn/c1-5-3-2-4-6(8)7(5)9;;/h2-4H,1H2;1H;/q;;+1/p-1. The first-order valence-electron chi connectivity index (χ1n) is 2.98. The van der Waals surface area contributed by atoms with E-state index in [0.717, 1.165) is 24.4 Å². The van der Waals surface area contributed by atoms with Crippen LogP contribution in [0.3, 0.4) is 0 Å². The molecule has 0 saturated heterocycles. The smallest absolute Gasteiger partial charge is 1.00 e. The Morgan fingerprint density at radius 2 is 1.91 bits per heavy atom. The summed E-state index contributed by atoms with van der Waals surface area (Å²) in [6.45, 7) is 0. The van der Waals surface area contributed by atoms with Gasteiger partial charge >= 0.3 is 67.5 Å². The van der Waals surface area contributed by atoms with E-state index in [-0.39, 0.29) is 17.0 Å². The Balaban J connectivity index is 0.000001000. The summed E-state index contributed by atoms with van der Waals surface area (Å²) in [7, 11) is 0. The van der Waals surface area contributed by atoms with E-state index >= 15 is 0 Å².